The highest BCUT2D eigenvalue weighted by Crippen LogP contribution is 2.34. The number of halogens is 5. The number of amides is 1. The van der Waals surface area contributed by atoms with Crippen LogP contribution < -0.4 is 15.8 Å². The van der Waals surface area contributed by atoms with Gasteiger partial charge in [-0.2, -0.15) is 13.2 Å². The number of nitrogens with one attached hydrogen (secondary N) is 1. The molecule has 1 aromatic rings. The minimum absolute atomic E-state index is 0.107. The van der Waals surface area contributed by atoms with Gasteiger partial charge in [0.05, 0.1) is 23.8 Å². The van der Waals surface area contributed by atoms with Crippen molar-refractivity contribution in [2.24, 2.45) is 5.73 Å². The number of nitrogens with two attached hydrogens (primary N) is 1. The summed E-state index contributed by atoms with van der Waals surface area (Å²) in [4.78, 5) is 22.8. The first kappa shape index (κ1) is 22.3. The van der Waals surface area contributed by atoms with Gasteiger partial charge >= 0.3 is 18.1 Å². The normalized spacial score (nSPS) is 12.4. The van der Waals surface area contributed by atoms with Crippen molar-refractivity contribution in [3.63, 3.8) is 0 Å². The predicted molar refractivity (Wildman–Crippen MR) is 89.3 cm³/mol. The lowest BCUT2D eigenvalue weighted by molar-refractivity contribution is -0.175. The first-order valence-corrected chi connectivity index (χ1v) is 8.12. The lowest BCUT2D eigenvalue weighted by Crippen LogP contribution is -2.48. The van der Waals surface area contributed by atoms with Gasteiger partial charge in [0.25, 0.3) is 0 Å². The Bertz CT molecular complexity index is 633. The van der Waals surface area contributed by atoms with Crippen molar-refractivity contribution in [1.82, 2.24) is 5.32 Å². The molecule has 0 heterocycles. The number of hydrogen-bond acceptors (Lipinski definition) is 5. The minimum Gasteiger partial charge on any atom is -0.490 e. The highest BCUT2D eigenvalue weighted by molar-refractivity contribution is 6.37. The summed E-state index contributed by atoms with van der Waals surface area (Å²) < 4.78 is 47.1. The van der Waals surface area contributed by atoms with Crippen LogP contribution in [0.1, 0.15) is 12.0 Å². The Morgan fingerprint density at radius 3 is 2.31 bits per heavy atom. The molecule has 0 aliphatic rings. The fourth-order valence-corrected chi connectivity index (χ4v) is 2.58. The molecule has 0 bridgehead atoms. The molecule has 0 aliphatic heterocycles. The molecular formula is C15H17Cl2F3N2O4. The van der Waals surface area contributed by atoms with E-state index in [1.165, 1.54) is 12.1 Å². The zero-order valence-corrected chi connectivity index (χ0v) is 15.2. The standard InChI is InChI=1S/C15H17Cl2F3N2O4/c1-25-13(23)11(22-14(24)15(18,19)20)7-8-5-9(16)12(10(17)6-8)26-4-2-3-21/h5-6,11H,2-4,7,21H2,1H3,(H,22,24)/t11-/m0/s1. The summed E-state index contributed by atoms with van der Waals surface area (Å²) in [5.41, 5.74) is 5.66. The maximum atomic E-state index is 12.4. The van der Waals surface area contributed by atoms with E-state index in [4.69, 9.17) is 33.7 Å². The average Bonchev–Trinajstić information content (AvgIpc) is 2.55. The number of ether oxygens (including phenoxy) is 2. The highest BCUT2D eigenvalue weighted by atomic mass is 35.5. The topological polar surface area (TPSA) is 90.7 Å². The van der Waals surface area contributed by atoms with Crippen molar-refractivity contribution in [1.29, 1.82) is 0 Å². The van der Waals surface area contributed by atoms with Gasteiger partial charge in [0.2, 0.25) is 0 Å². The zero-order valence-electron chi connectivity index (χ0n) is 13.7. The molecule has 1 amide bonds. The van der Waals surface area contributed by atoms with E-state index in [0.717, 1.165) is 7.11 Å². The van der Waals surface area contributed by atoms with Gasteiger partial charge in [-0.25, -0.2) is 4.79 Å². The van der Waals surface area contributed by atoms with Crippen LogP contribution in [0.25, 0.3) is 0 Å². The summed E-state index contributed by atoms with van der Waals surface area (Å²) in [6.07, 6.45) is -4.87. The third-order valence-corrected chi connectivity index (χ3v) is 3.70. The largest absolute Gasteiger partial charge is 0.490 e. The molecule has 6 nitrogen and oxygen atoms in total. The van der Waals surface area contributed by atoms with Gasteiger partial charge in [0, 0.05) is 6.42 Å². The van der Waals surface area contributed by atoms with Crippen molar-refractivity contribution >= 4 is 35.1 Å². The SMILES string of the molecule is COC(=O)[C@H](Cc1cc(Cl)c(OCCCN)c(Cl)c1)NC(=O)C(F)(F)F. The smallest absolute Gasteiger partial charge is 0.471 e. The summed E-state index contributed by atoms with van der Waals surface area (Å²) in [7, 11) is 0.990. The van der Waals surface area contributed by atoms with Crippen molar-refractivity contribution in [3.05, 3.63) is 27.7 Å². The summed E-state index contributed by atoms with van der Waals surface area (Å²) in [5, 5.41) is 1.80. The molecule has 0 saturated carbocycles. The van der Waals surface area contributed by atoms with Crippen LogP contribution in [0.2, 0.25) is 10.0 Å². The van der Waals surface area contributed by atoms with Gasteiger partial charge < -0.3 is 20.5 Å². The van der Waals surface area contributed by atoms with Gasteiger partial charge in [0.15, 0.2) is 5.75 Å². The number of methoxy groups -OCH3 is 1. The Morgan fingerprint density at radius 2 is 1.85 bits per heavy atom. The number of hydrogen-bond donors (Lipinski definition) is 2. The van der Waals surface area contributed by atoms with Crippen LogP contribution >= 0.6 is 23.2 Å². The van der Waals surface area contributed by atoms with Crippen LogP contribution in [-0.4, -0.2) is 44.4 Å². The second-order valence-corrected chi connectivity index (χ2v) is 5.94. The Labute approximate surface area is 157 Å². The Balaban J connectivity index is 2.97. The summed E-state index contributed by atoms with van der Waals surface area (Å²) in [6, 6.07) is 1.19. The van der Waals surface area contributed by atoms with Gasteiger partial charge in [-0.3, -0.25) is 4.79 Å². The van der Waals surface area contributed by atoms with Gasteiger partial charge in [-0.1, -0.05) is 23.2 Å². The third-order valence-electron chi connectivity index (χ3n) is 3.14. The number of carbonyl (C=O) groups excluding carboxylic acids is 2. The van der Waals surface area contributed by atoms with Gasteiger partial charge in [-0.15, -0.1) is 0 Å². The fourth-order valence-electron chi connectivity index (χ4n) is 1.94. The molecular weight excluding hydrogens is 400 g/mol. The van der Waals surface area contributed by atoms with Crippen LogP contribution in [0.15, 0.2) is 12.1 Å². The van der Waals surface area contributed by atoms with Crippen molar-refractivity contribution in [2.75, 3.05) is 20.3 Å². The van der Waals surface area contributed by atoms with Crippen LogP contribution in [0.3, 0.4) is 0 Å². The fraction of sp³-hybridized carbons (Fsp3) is 0.467. The molecule has 1 rings (SSSR count). The first-order chi connectivity index (χ1) is 12.1. The van der Waals surface area contributed by atoms with Crippen LogP contribution in [0.5, 0.6) is 5.75 Å². The Morgan fingerprint density at radius 1 is 1.27 bits per heavy atom. The van der Waals surface area contributed by atoms with Crippen molar-refractivity contribution < 1.29 is 32.2 Å². The number of carbonyl (C=O) groups is 2. The minimum atomic E-state index is -5.14. The Kier molecular flexibility index (Phi) is 8.45. The summed E-state index contributed by atoms with van der Waals surface area (Å²) in [5.74, 6) is -3.11. The average molecular weight is 417 g/mol. The number of rotatable bonds is 8. The van der Waals surface area contributed by atoms with Crippen LogP contribution in [-0.2, 0) is 20.7 Å². The lowest BCUT2D eigenvalue weighted by Gasteiger charge is -2.18. The van der Waals surface area contributed by atoms with E-state index in [2.05, 4.69) is 4.74 Å². The maximum Gasteiger partial charge on any atom is 0.471 e. The molecule has 1 atom stereocenters. The van der Waals surface area contributed by atoms with E-state index >= 15 is 0 Å². The van der Waals surface area contributed by atoms with E-state index in [1.807, 2.05) is 0 Å². The number of alkyl halides is 3. The molecule has 0 fully saturated rings. The highest BCUT2D eigenvalue weighted by Gasteiger charge is 2.41. The molecule has 26 heavy (non-hydrogen) atoms. The summed E-state index contributed by atoms with van der Waals surface area (Å²) >= 11 is 12.1. The number of benzene rings is 1. The van der Waals surface area contributed by atoms with E-state index in [-0.39, 0.29) is 28.8 Å². The molecule has 3 N–H and O–H groups in total. The third kappa shape index (κ3) is 6.54. The van der Waals surface area contributed by atoms with E-state index in [9.17, 15) is 22.8 Å². The van der Waals surface area contributed by atoms with E-state index < -0.39 is 24.1 Å². The quantitative estimate of drug-likeness (QED) is 0.501. The van der Waals surface area contributed by atoms with Gasteiger partial charge in [-0.05, 0) is 30.7 Å². The monoisotopic (exact) mass is 416 g/mol. The Hall–Kier alpha value is -1.71. The molecule has 1 aromatic carbocycles. The summed E-state index contributed by atoms with van der Waals surface area (Å²) in [6.45, 7) is 0.689. The van der Waals surface area contributed by atoms with Crippen molar-refractivity contribution in [2.45, 2.75) is 25.1 Å². The number of esters is 1. The molecule has 0 saturated heterocycles. The molecule has 146 valence electrons. The molecule has 0 spiro atoms. The lowest BCUT2D eigenvalue weighted by atomic mass is 10.1. The second kappa shape index (κ2) is 9.84. The molecule has 0 radical (unpaired) electrons. The molecule has 11 heteroatoms. The predicted octanol–water partition coefficient (Wildman–Crippen LogP) is 2.48. The van der Waals surface area contributed by atoms with Crippen molar-refractivity contribution in [3.8, 4) is 5.75 Å². The maximum absolute atomic E-state index is 12.4. The van der Waals surface area contributed by atoms with E-state index in [1.54, 1.807) is 5.32 Å². The van der Waals surface area contributed by atoms with Gasteiger partial charge in [0.1, 0.15) is 6.04 Å². The molecule has 0 unspecified atom stereocenters. The second-order valence-electron chi connectivity index (χ2n) is 5.13. The zero-order chi connectivity index (χ0) is 19.9. The van der Waals surface area contributed by atoms with E-state index in [0.29, 0.717) is 18.5 Å². The molecule has 0 aliphatic carbocycles. The van der Waals surface area contributed by atoms with Crippen LogP contribution in [0, 0.1) is 0 Å². The van der Waals surface area contributed by atoms with Crippen LogP contribution in [0.4, 0.5) is 13.2 Å². The molecule has 0 aromatic heterocycles. The first-order valence-electron chi connectivity index (χ1n) is 7.36.